The molecular weight excluding hydrogens is 326 g/mol. The molecule has 26 heavy (non-hydrogen) atoms. The Kier molecular flexibility index (Phi) is 5.04. The van der Waals surface area contributed by atoms with Crippen molar-refractivity contribution in [2.24, 2.45) is 5.73 Å². The van der Waals surface area contributed by atoms with Gasteiger partial charge in [0.1, 0.15) is 23.1 Å². The van der Waals surface area contributed by atoms with Gasteiger partial charge in [0.25, 0.3) is 0 Å². The van der Waals surface area contributed by atoms with Crippen LogP contribution in [0, 0.1) is 11.3 Å². The summed E-state index contributed by atoms with van der Waals surface area (Å²) in [5.74, 6) is 1.21. The number of anilines is 1. The van der Waals surface area contributed by atoms with Crippen LogP contribution in [0.5, 0.6) is 11.5 Å². The molecule has 0 amide bonds. The summed E-state index contributed by atoms with van der Waals surface area (Å²) in [6.07, 6.45) is 0. The lowest BCUT2D eigenvalue weighted by Gasteiger charge is -2.27. The molecule has 0 unspecified atom stereocenters. The number of hydrogen-bond donors (Lipinski definition) is 1. The number of allylic oxidation sites excluding steroid dienone is 1. The Labute approximate surface area is 154 Å². The van der Waals surface area contributed by atoms with Gasteiger partial charge in [-0.15, -0.1) is 0 Å². The van der Waals surface area contributed by atoms with Crippen molar-refractivity contribution in [3.05, 3.63) is 65.0 Å². The van der Waals surface area contributed by atoms with Gasteiger partial charge in [-0.1, -0.05) is 18.2 Å². The average Bonchev–Trinajstić information content (AvgIpc) is 2.68. The van der Waals surface area contributed by atoms with Crippen molar-refractivity contribution in [1.82, 2.24) is 0 Å². The van der Waals surface area contributed by atoms with Gasteiger partial charge in [-0.05, 0) is 37.6 Å². The second kappa shape index (κ2) is 7.40. The van der Waals surface area contributed by atoms with Crippen molar-refractivity contribution in [3.63, 3.8) is 0 Å². The molecule has 1 atom stereocenters. The second-order valence-electron chi connectivity index (χ2n) is 6.09. The smallest absolute Gasteiger partial charge is 0.205 e. The molecule has 0 saturated carbocycles. The SMILES string of the molecule is CCN(CC)c1ccc([C@@H]2C(C#N)=C(N)Oc3cc(OC)ccc32)cc1. The fraction of sp³-hybridized carbons (Fsp3) is 0.286. The van der Waals surface area contributed by atoms with E-state index in [9.17, 15) is 5.26 Å². The van der Waals surface area contributed by atoms with Crippen molar-refractivity contribution >= 4 is 5.69 Å². The first-order chi connectivity index (χ1) is 12.6. The Morgan fingerprint density at radius 1 is 1.15 bits per heavy atom. The molecular formula is C21H23N3O2. The third-order valence-electron chi connectivity index (χ3n) is 4.78. The van der Waals surface area contributed by atoms with E-state index in [4.69, 9.17) is 15.2 Å². The standard InChI is InChI=1S/C21H23N3O2/c1-4-24(5-2)15-8-6-14(7-9-15)20-17-11-10-16(25-3)12-19(17)26-21(23)18(20)13-22/h6-12,20H,4-5,23H2,1-3H3/t20-/m0/s1. The van der Waals surface area contributed by atoms with E-state index in [2.05, 4.69) is 49.1 Å². The highest BCUT2D eigenvalue weighted by Crippen LogP contribution is 2.43. The maximum absolute atomic E-state index is 9.64. The van der Waals surface area contributed by atoms with Gasteiger partial charge in [0.2, 0.25) is 5.88 Å². The summed E-state index contributed by atoms with van der Waals surface area (Å²) < 4.78 is 10.9. The summed E-state index contributed by atoms with van der Waals surface area (Å²) in [4.78, 5) is 2.28. The van der Waals surface area contributed by atoms with Gasteiger partial charge in [-0.3, -0.25) is 0 Å². The zero-order valence-electron chi connectivity index (χ0n) is 15.3. The number of benzene rings is 2. The van der Waals surface area contributed by atoms with Gasteiger partial charge in [0.05, 0.1) is 13.0 Å². The van der Waals surface area contributed by atoms with Crippen molar-refractivity contribution < 1.29 is 9.47 Å². The van der Waals surface area contributed by atoms with Gasteiger partial charge in [0, 0.05) is 30.4 Å². The number of nitrogens with two attached hydrogens (primary N) is 1. The van der Waals surface area contributed by atoms with Crippen LogP contribution in [-0.2, 0) is 0 Å². The molecule has 3 rings (SSSR count). The first-order valence-electron chi connectivity index (χ1n) is 8.73. The highest BCUT2D eigenvalue weighted by atomic mass is 16.5. The maximum Gasteiger partial charge on any atom is 0.205 e. The zero-order chi connectivity index (χ0) is 18.7. The molecule has 0 bridgehead atoms. The van der Waals surface area contributed by atoms with Crippen molar-refractivity contribution in [2.45, 2.75) is 19.8 Å². The summed E-state index contributed by atoms with van der Waals surface area (Å²) in [7, 11) is 1.61. The van der Waals surface area contributed by atoms with Crippen molar-refractivity contribution in [2.75, 3.05) is 25.1 Å². The Morgan fingerprint density at radius 2 is 1.85 bits per heavy atom. The average molecular weight is 349 g/mol. The van der Waals surface area contributed by atoms with Gasteiger partial charge in [0.15, 0.2) is 0 Å². The molecule has 0 radical (unpaired) electrons. The minimum atomic E-state index is -0.250. The largest absolute Gasteiger partial charge is 0.497 e. The highest BCUT2D eigenvalue weighted by Gasteiger charge is 2.30. The molecule has 2 aromatic rings. The van der Waals surface area contributed by atoms with Crippen LogP contribution in [0.15, 0.2) is 53.9 Å². The van der Waals surface area contributed by atoms with Crippen LogP contribution in [0.2, 0.25) is 0 Å². The van der Waals surface area contributed by atoms with Gasteiger partial charge < -0.3 is 20.1 Å². The molecule has 0 aromatic heterocycles. The third-order valence-corrected chi connectivity index (χ3v) is 4.78. The molecule has 5 nitrogen and oxygen atoms in total. The number of ether oxygens (including phenoxy) is 2. The Balaban J connectivity index is 2.06. The molecule has 5 heteroatoms. The maximum atomic E-state index is 9.64. The quantitative estimate of drug-likeness (QED) is 0.890. The van der Waals surface area contributed by atoms with E-state index in [0.717, 1.165) is 29.9 Å². The first-order valence-corrected chi connectivity index (χ1v) is 8.73. The van der Waals surface area contributed by atoms with E-state index in [1.807, 2.05) is 12.1 Å². The van der Waals surface area contributed by atoms with E-state index in [1.54, 1.807) is 13.2 Å². The fourth-order valence-electron chi connectivity index (χ4n) is 3.37. The summed E-state index contributed by atoms with van der Waals surface area (Å²) in [6.45, 7) is 6.17. The number of nitrogens with zero attached hydrogens (tertiary/aromatic N) is 2. The molecule has 0 spiro atoms. The predicted molar refractivity (Wildman–Crippen MR) is 102 cm³/mol. The van der Waals surface area contributed by atoms with E-state index in [1.165, 1.54) is 0 Å². The topological polar surface area (TPSA) is 71.5 Å². The van der Waals surface area contributed by atoms with E-state index < -0.39 is 0 Å². The van der Waals surface area contributed by atoms with Crippen LogP contribution in [0.1, 0.15) is 30.9 Å². The molecule has 1 aliphatic heterocycles. The van der Waals surface area contributed by atoms with Crippen LogP contribution < -0.4 is 20.1 Å². The van der Waals surface area contributed by atoms with E-state index >= 15 is 0 Å². The lowest BCUT2D eigenvalue weighted by molar-refractivity contribution is 0.381. The van der Waals surface area contributed by atoms with Crippen LogP contribution in [0.4, 0.5) is 5.69 Å². The molecule has 2 aromatic carbocycles. The molecule has 0 saturated heterocycles. The fourth-order valence-corrected chi connectivity index (χ4v) is 3.37. The number of hydrogen-bond acceptors (Lipinski definition) is 5. The van der Waals surface area contributed by atoms with Gasteiger partial charge in [-0.25, -0.2) is 0 Å². The molecule has 2 N–H and O–H groups in total. The molecule has 1 heterocycles. The van der Waals surface area contributed by atoms with E-state index in [0.29, 0.717) is 17.1 Å². The molecule has 0 aliphatic carbocycles. The van der Waals surface area contributed by atoms with Crippen LogP contribution in [-0.4, -0.2) is 20.2 Å². The van der Waals surface area contributed by atoms with Gasteiger partial charge >= 0.3 is 0 Å². The van der Waals surface area contributed by atoms with Gasteiger partial charge in [-0.2, -0.15) is 5.26 Å². The summed E-state index contributed by atoms with van der Waals surface area (Å²) in [5, 5.41) is 9.64. The number of methoxy groups -OCH3 is 1. The van der Waals surface area contributed by atoms with Crippen molar-refractivity contribution in [1.29, 1.82) is 5.26 Å². The van der Waals surface area contributed by atoms with Crippen LogP contribution in [0.25, 0.3) is 0 Å². The summed E-state index contributed by atoms with van der Waals surface area (Å²) in [5.41, 5.74) is 9.54. The Hall–Kier alpha value is -3.13. The highest BCUT2D eigenvalue weighted by molar-refractivity contribution is 5.58. The second-order valence-corrected chi connectivity index (χ2v) is 6.09. The van der Waals surface area contributed by atoms with Crippen LogP contribution >= 0.6 is 0 Å². The minimum Gasteiger partial charge on any atom is -0.497 e. The summed E-state index contributed by atoms with van der Waals surface area (Å²) >= 11 is 0. The lowest BCUT2D eigenvalue weighted by Crippen LogP contribution is -2.22. The first kappa shape index (κ1) is 17.7. The normalized spacial score (nSPS) is 15.7. The lowest BCUT2D eigenvalue weighted by atomic mass is 9.83. The number of fused-ring (bicyclic) bond motifs is 1. The number of nitriles is 1. The van der Waals surface area contributed by atoms with E-state index in [-0.39, 0.29) is 11.8 Å². The zero-order valence-corrected chi connectivity index (χ0v) is 15.3. The van der Waals surface area contributed by atoms with Crippen molar-refractivity contribution in [3.8, 4) is 17.6 Å². The molecule has 0 fully saturated rings. The predicted octanol–water partition coefficient (Wildman–Crippen LogP) is 3.76. The Morgan fingerprint density at radius 3 is 2.42 bits per heavy atom. The minimum absolute atomic E-state index is 0.145. The summed E-state index contributed by atoms with van der Waals surface area (Å²) in [6, 6.07) is 16.1. The molecule has 1 aliphatic rings. The monoisotopic (exact) mass is 349 g/mol. The third kappa shape index (κ3) is 3.06. The Bertz CT molecular complexity index is 862. The van der Waals surface area contributed by atoms with Crippen LogP contribution in [0.3, 0.4) is 0 Å². The molecule has 134 valence electrons. The number of rotatable bonds is 5.